The molecule has 1 unspecified atom stereocenters. The summed E-state index contributed by atoms with van der Waals surface area (Å²) < 4.78 is 40.3. The van der Waals surface area contributed by atoms with E-state index in [0.717, 1.165) is 46.3 Å². The van der Waals surface area contributed by atoms with Gasteiger partial charge in [0.25, 0.3) is 0 Å². The van der Waals surface area contributed by atoms with Gasteiger partial charge in [0.2, 0.25) is 7.37 Å². The molecule has 0 spiro atoms. The van der Waals surface area contributed by atoms with Crippen molar-refractivity contribution >= 4 is 35.5 Å². The summed E-state index contributed by atoms with van der Waals surface area (Å²) in [7, 11) is -2.91. The van der Waals surface area contributed by atoms with Gasteiger partial charge >= 0.3 is 0 Å². The Bertz CT molecular complexity index is 1490. The molecule has 0 saturated carbocycles. The van der Waals surface area contributed by atoms with E-state index in [-0.39, 0.29) is 11.7 Å². The van der Waals surface area contributed by atoms with Crippen molar-refractivity contribution in [2.75, 3.05) is 32.2 Å². The number of fused-ring (bicyclic) bond motifs is 1. The molecule has 0 radical (unpaired) electrons. The highest BCUT2D eigenvalue weighted by molar-refractivity contribution is 7.66. The second-order valence-corrected chi connectivity index (χ2v) is 11.9. The summed E-state index contributed by atoms with van der Waals surface area (Å²) in [5, 5.41) is 9.50. The van der Waals surface area contributed by atoms with Crippen LogP contribution in [0.1, 0.15) is 36.9 Å². The zero-order valence-electron chi connectivity index (χ0n) is 21.0. The van der Waals surface area contributed by atoms with E-state index >= 15 is 0 Å². The lowest BCUT2D eigenvalue weighted by Crippen LogP contribution is -2.17. The molecule has 1 atom stereocenters. The molecule has 5 rings (SSSR count). The van der Waals surface area contributed by atoms with Crippen molar-refractivity contribution < 1.29 is 18.2 Å². The van der Waals surface area contributed by atoms with Gasteiger partial charge in [0.15, 0.2) is 0 Å². The van der Waals surface area contributed by atoms with Crippen molar-refractivity contribution in [2.45, 2.75) is 25.7 Å². The second-order valence-electron chi connectivity index (χ2n) is 9.41. The predicted molar refractivity (Wildman–Crippen MR) is 149 cm³/mol. The summed E-state index contributed by atoms with van der Waals surface area (Å²) in [6, 6.07) is 18.0. The molecule has 8 heteroatoms. The maximum atomic E-state index is 13.9. The van der Waals surface area contributed by atoms with Gasteiger partial charge in [0, 0.05) is 70.9 Å². The van der Waals surface area contributed by atoms with E-state index < -0.39 is 7.37 Å². The third-order valence-electron chi connectivity index (χ3n) is 7.06. The Kier molecular flexibility index (Phi) is 7.04. The highest BCUT2D eigenvalue weighted by Crippen LogP contribution is 2.46. The number of ether oxygens (including phenoxy) is 1. The molecular formula is C29H31FN3O3P. The maximum absolute atomic E-state index is 13.9. The van der Waals surface area contributed by atoms with E-state index in [2.05, 4.69) is 4.57 Å². The standard InChI is InChI=1S/C29H31FN3O3P/c1-3-36-37(2,34)24-10-4-19(5-11-24)28-25-17-26(32)21(18-31)16-27(25)33(23-8-6-22(30)7-9-23)29(28)20-12-14-35-15-13-20/h4-11,16-18,20,31H,3,12-15,32H2,1-2H3. The van der Waals surface area contributed by atoms with Crippen molar-refractivity contribution in [1.82, 2.24) is 4.57 Å². The minimum absolute atomic E-state index is 0.200. The Hall–Kier alpha value is -3.25. The average Bonchev–Trinajstić information content (AvgIpc) is 3.23. The number of hydrogen-bond donors (Lipinski definition) is 2. The zero-order chi connectivity index (χ0) is 26.2. The number of nitrogens with one attached hydrogen (secondary N) is 1. The lowest BCUT2D eigenvalue weighted by Gasteiger charge is -2.26. The molecule has 3 N–H and O–H groups in total. The Morgan fingerprint density at radius 2 is 1.81 bits per heavy atom. The molecule has 1 aromatic heterocycles. The summed E-state index contributed by atoms with van der Waals surface area (Å²) in [5.41, 5.74) is 12.3. The van der Waals surface area contributed by atoms with Crippen LogP contribution in [0.15, 0.2) is 60.7 Å². The molecule has 1 saturated heterocycles. The maximum Gasteiger partial charge on any atom is 0.229 e. The van der Waals surface area contributed by atoms with Gasteiger partial charge in [-0.05, 0) is 73.9 Å². The molecule has 0 bridgehead atoms. The number of nitrogens with two attached hydrogens (primary N) is 1. The van der Waals surface area contributed by atoms with Crippen LogP contribution in [0.4, 0.5) is 10.1 Å². The van der Waals surface area contributed by atoms with E-state index in [0.29, 0.717) is 36.4 Å². The minimum Gasteiger partial charge on any atom is -0.398 e. The number of hydrogen-bond acceptors (Lipinski definition) is 5. The third kappa shape index (κ3) is 4.75. The molecule has 1 aliphatic rings. The molecular weight excluding hydrogens is 488 g/mol. The van der Waals surface area contributed by atoms with Crippen molar-refractivity contribution in [3.05, 3.63) is 77.7 Å². The number of benzene rings is 3. The van der Waals surface area contributed by atoms with Gasteiger partial charge < -0.3 is 25.0 Å². The van der Waals surface area contributed by atoms with Gasteiger partial charge in [-0.1, -0.05) is 12.1 Å². The first-order chi connectivity index (χ1) is 17.8. The van der Waals surface area contributed by atoms with Gasteiger partial charge in [-0.25, -0.2) is 4.39 Å². The fourth-order valence-electron chi connectivity index (χ4n) is 5.26. The normalized spacial score (nSPS) is 16.1. The van der Waals surface area contributed by atoms with Crippen molar-refractivity contribution in [2.24, 2.45) is 0 Å². The molecule has 0 aliphatic carbocycles. The van der Waals surface area contributed by atoms with Crippen LogP contribution in [0.3, 0.4) is 0 Å². The number of rotatable bonds is 7. The SMILES string of the molecule is CCOP(C)(=O)c1ccc(-c2c(C3CCOCC3)n(-c3ccc(F)cc3)c3cc(C=N)c(N)cc23)cc1. The number of nitrogens with zero attached hydrogens (tertiary/aromatic N) is 1. The molecule has 0 amide bonds. The first-order valence-electron chi connectivity index (χ1n) is 12.5. The molecule has 1 aliphatic heterocycles. The van der Waals surface area contributed by atoms with Crippen LogP contribution >= 0.6 is 7.37 Å². The predicted octanol–water partition coefficient (Wildman–Crippen LogP) is 6.48. The Labute approximate surface area is 216 Å². The van der Waals surface area contributed by atoms with Crippen LogP contribution in [-0.4, -0.2) is 37.3 Å². The molecule has 3 aromatic carbocycles. The number of halogens is 1. The van der Waals surface area contributed by atoms with Crippen molar-refractivity contribution in [3.63, 3.8) is 0 Å². The van der Waals surface area contributed by atoms with E-state index in [1.165, 1.54) is 18.3 Å². The summed E-state index contributed by atoms with van der Waals surface area (Å²) >= 11 is 0. The summed E-state index contributed by atoms with van der Waals surface area (Å²) in [6.07, 6.45) is 2.96. The van der Waals surface area contributed by atoms with Crippen molar-refractivity contribution in [3.8, 4) is 16.8 Å². The summed E-state index contributed by atoms with van der Waals surface area (Å²) in [6.45, 7) is 5.18. The average molecular weight is 520 g/mol. The van der Waals surface area contributed by atoms with Gasteiger partial charge in [-0.2, -0.15) is 0 Å². The number of aromatic nitrogens is 1. The Morgan fingerprint density at radius 1 is 1.14 bits per heavy atom. The quantitative estimate of drug-likeness (QED) is 0.166. The topological polar surface area (TPSA) is 90.3 Å². The van der Waals surface area contributed by atoms with Gasteiger partial charge in [-0.15, -0.1) is 0 Å². The van der Waals surface area contributed by atoms with Crippen LogP contribution in [0.5, 0.6) is 0 Å². The van der Waals surface area contributed by atoms with Gasteiger partial charge in [0.1, 0.15) is 5.82 Å². The largest absolute Gasteiger partial charge is 0.398 e. The van der Waals surface area contributed by atoms with E-state index in [1.807, 2.05) is 43.3 Å². The first-order valence-corrected chi connectivity index (χ1v) is 14.6. The zero-order valence-corrected chi connectivity index (χ0v) is 21.9. The smallest absolute Gasteiger partial charge is 0.229 e. The fraction of sp³-hybridized carbons (Fsp3) is 0.276. The lowest BCUT2D eigenvalue weighted by molar-refractivity contribution is 0.0843. The molecule has 192 valence electrons. The van der Waals surface area contributed by atoms with E-state index in [4.69, 9.17) is 20.4 Å². The molecule has 2 heterocycles. The van der Waals surface area contributed by atoms with E-state index in [9.17, 15) is 8.96 Å². The van der Waals surface area contributed by atoms with Crippen LogP contribution in [0.2, 0.25) is 0 Å². The Balaban J connectivity index is 1.82. The molecule has 37 heavy (non-hydrogen) atoms. The lowest BCUT2D eigenvalue weighted by atomic mass is 9.90. The third-order valence-corrected chi connectivity index (χ3v) is 9.04. The van der Waals surface area contributed by atoms with Crippen LogP contribution in [0.25, 0.3) is 27.7 Å². The summed E-state index contributed by atoms with van der Waals surface area (Å²) in [4.78, 5) is 0. The fourth-order valence-corrected chi connectivity index (χ4v) is 6.59. The molecule has 4 aromatic rings. The molecule has 6 nitrogen and oxygen atoms in total. The highest BCUT2D eigenvalue weighted by Gasteiger charge is 2.29. The summed E-state index contributed by atoms with van der Waals surface area (Å²) in [5.74, 6) is -0.0995. The van der Waals surface area contributed by atoms with Crippen molar-refractivity contribution in [1.29, 1.82) is 5.41 Å². The number of anilines is 1. The van der Waals surface area contributed by atoms with E-state index in [1.54, 1.807) is 18.8 Å². The number of nitrogen functional groups attached to an aromatic ring is 1. The monoisotopic (exact) mass is 519 g/mol. The second kappa shape index (κ2) is 10.3. The van der Waals surface area contributed by atoms with Crippen LogP contribution in [0, 0.1) is 11.2 Å². The van der Waals surface area contributed by atoms with Crippen LogP contribution in [-0.2, 0) is 13.8 Å². The molecule has 1 fully saturated rings. The Morgan fingerprint density at radius 3 is 2.43 bits per heavy atom. The van der Waals surface area contributed by atoms with Gasteiger partial charge in [0.05, 0.1) is 12.1 Å². The highest BCUT2D eigenvalue weighted by atomic mass is 31.2. The first kappa shape index (κ1) is 25.4. The van der Waals surface area contributed by atoms with Crippen LogP contribution < -0.4 is 11.0 Å². The van der Waals surface area contributed by atoms with Gasteiger partial charge in [-0.3, -0.25) is 4.57 Å². The minimum atomic E-state index is -2.91.